The number of ether oxygens (including phenoxy) is 1. The monoisotopic (exact) mass is 179 g/mol. The minimum Gasteiger partial charge on any atom is -0.381 e. The van der Waals surface area contributed by atoms with Crippen molar-refractivity contribution in [3.05, 3.63) is 23.8 Å². The van der Waals surface area contributed by atoms with E-state index in [1.165, 1.54) is 5.57 Å². The number of allylic oxidation sites excluding steroid dienone is 2. The normalized spacial score (nSPS) is 27.0. The molecule has 2 heteroatoms. The minimum absolute atomic E-state index is 0.102. The molecule has 1 aliphatic heterocycles. The van der Waals surface area contributed by atoms with Crippen molar-refractivity contribution in [3.8, 4) is 0 Å². The Balaban J connectivity index is 2.12. The molecule has 1 saturated heterocycles. The van der Waals surface area contributed by atoms with Crippen LogP contribution in [0.25, 0.3) is 0 Å². The Kier molecular flexibility index (Phi) is 2.51. The lowest BCUT2D eigenvalue weighted by Crippen LogP contribution is -2.46. The third-order valence-electron chi connectivity index (χ3n) is 2.95. The summed E-state index contributed by atoms with van der Waals surface area (Å²) in [6, 6.07) is 0. The van der Waals surface area contributed by atoms with E-state index in [1.807, 2.05) is 0 Å². The Morgan fingerprint density at radius 2 is 2.00 bits per heavy atom. The second-order valence-electron chi connectivity index (χ2n) is 3.91. The standard InChI is InChI=1S/C11H17NO/c12-11(6-8-13-9-7-11)10-4-2-1-3-5-10/h2,4-5H,1,3,6-9,12H2. The van der Waals surface area contributed by atoms with Gasteiger partial charge in [0.15, 0.2) is 0 Å². The van der Waals surface area contributed by atoms with E-state index in [1.54, 1.807) is 0 Å². The SMILES string of the molecule is NC1(C2=CCCC=C2)CCOCC1. The number of rotatable bonds is 1. The van der Waals surface area contributed by atoms with Gasteiger partial charge in [-0.25, -0.2) is 0 Å². The second-order valence-corrected chi connectivity index (χ2v) is 3.91. The van der Waals surface area contributed by atoms with Gasteiger partial charge in [-0.2, -0.15) is 0 Å². The molecule has 1 aliphatic carbocycles. The average molecular weight is 179 g/mol. The highest BCUT2D eigenvalue weighted by Gasteiger charge is 2.30. The first-order valence-corrected chi connectivity index (χ1v) is 5.05. The summed E-state index contributed by atoms with van der Waals surface area (Å²) in [7, 11) is 0. The Morgan fingerprint density at radius 1 is 1.23 bits per heavy atom. The van der Waals surface area contributed by atoms with E-state index in [0.717, 1.165) is 38.9 Å². The van der Waals surface area contributed by atoms with Crippen LogP contribution in [0.1, 0.15) is 25.7 Å². The molecule has 2 aliphatic rings. The van der Waals surface area contributed by atoms with Gasteiger partial charge in [0.25, 0.3) is 0 Å². The van der Waals surface area contributed by atoms with Crippen molar-refractivity contribution in [2.24, 2.45) is 5.73 Å². The third-order valence-corrected chi connectivity index (χ3v) is 2.95. The van der Waals surface area contributed by atoms with E-state index in [2.05, 4.69) is 18.2 Å². The van der Waals surface area contributed by atoms with Gasteiger partial charge in [0.1, 0.15) is 0 Å². The maximum atomic E-state index is 6.33. The Labute approximate surface area is 79.5 Å². The molecule has 2 N–H and O–H groups in total. The lowest BCUT2D eigenvalue weighted by molar-refractivity contribution is 0.0654. The summed E-state index contributed by atoms with van der Waals surface area (Å²) in [6.07, 6.45) is 10.9. The number of nitrogens with two attached hydrogens (primary N) is 1. The fraction of sp³-hybridized carbons (Fsp3) is 0.636. The Morgan fingerprint density at radius 3 is 2.62 bits per heavy atom. The predicted octanol–water partition coefficient (Wildman–Crippen LogP) is 1.77. The van der Waals surface area contributed by atoms with Crippen LogP contribution in [0.3, 0.4) is 0 Å². The van der Waals surface area contributed by atoms with Crippen molar-refractivity contribution in [1.82, 2.24) is 0 Å². The highest BCUT2D eigenvalue weighted by molar-refractivity contribution is 5.33. The molecule has 0 atom stereocenters. The quantitative estimate of drug-likeness (QED) is 0.666. The highest BCUT2D eigenvalue weighted by atomic mass is 16.5. The van der Waals surface area contributed by atoms with Crippen LogP contribution in [-0.4, -0.2) is 18.8 Å². The van der Waals surface area contributed by atoms with Crippen LogP contribution in [0.4, 0.5) is 0 Å². The molecule has 1 fully saturated rings. The summed E-state index contributed by atoms with van der Waals surface area (Å²) in [5.41, 5.74) is 7.55. The van der Waals surface area contributed by atoms with Crippen molar-refractivity contribution in [3.63, 3.8) is 0 Å². The minimum atomic E-state index is -0.102. The molecule has 0 saturated carbocycles. The smallest absolute Gasteiger partial charge is 0.0486 e. The molecular weight excluding hydrogens is 162 g/mol. The van der Waals surface area contributed by atoms with Crippen molar-refractivity contribution in [2.75, 3.05) is 13.2 Å². The molecule has 0 amide bonds. The topological polar surface area (TPSA) is 35.2 Å². The lowest BCUT2D eigenvalue weighted by atomic mass is 9.81. The second kappa shape index (κ2) is 3.64. The van der Waals surface area contributed by atoms with E-state index in [0.29, 0.717) is 0 Å². The Hall–Kier alpha value is -0.600. The van der Waals surface area contributed by atoms with Gasteiger partial charge in [0, 0.05) is 18.8 Å². The molecule has 0 unspecified atom stereocenters. The molecule has 0 spiro atoms. The third kappa shape index (κ3) is 1.84. The van der Waals surface area contributed by atoms with Gasteiger partial charge in [-0.3, -0.25) is 0 Å². The van der Waals surface area contributed by atoms with Crippen LogP contribution in [0, 0.1) is 0 Å². The summed E-state index contributed by atoms with van der Waals surface area (Å²) in [5, 5.41) is 0. The van der Waals surface area contributed by atoms with Crippen molar-refractivity contribution < 1.29 is 4.74 Å². The molecule has 0 radical (unpaired) electrons. The molecule has 0 aromatic heterocycles. The zero-order chi connectivity index (χ0) is 9.15. The number of hydrogen-bond donors (Lipinski definition) is 1. The van der Waals surface area contributed by atoms with Crippen molar-refractivity contribution in [1.29, 1.82) is 0 Å². The fourth-order valence-electron chi connectivity index (χ4n) is 2.01. The summed E-state index contributed by atoms with van der Waals surface area (Å²) < 4.78 is 5.32. The van der Waals surface area contributed by atoms with Crippen molar-refractivity contribution >= 4 is 0 Å². The van der Waals surface area contributed by atoms with E-state index in [9.17, 15) is 0 Å². The van der Waals surface area contributed by atoms with Gasteiger partial charge in [-0.05, 0) is 31.3 Å². The molecular formula is C11H17NO. The lowest BCUT2D eigenvalue weighted by Gasteiger charge is -2.35. The van der Waals surface area contributed by atoms with Crippen molar-refractivity contribution in [2.45, 2.75) is 31.2 Å². The zero-order valence-corrected chi connectivity index (χ0v) is 7.96. The van der Waals surface area contributed by atoms with Crippen LogP contribution in [0.5, 0.6) is 0 Å². The first-order chi connectivity index (χ1) is 6.31. The summed E-state index contributed by atoms with van der Waals surface area (Å²) >= 11 is 0. The van der Waals surface area contributed by atoms with Gasteiger partial charge < -0.3 is 10.5 Å². The molecule has 0 aromatic rings. The first kappa shape index (κ1) is 8.97. The summed E-state index contributed by atoms with van der Waals surface area (Å²) in [5.74, 6) is 0. The van der Waals surface area contributed by atoms with Gasteiger partial charge in [-0.15, -0.1) is 0 Å². The fourth-order valence-corrected chi connectivity index (χ4v) is 2.01. The average Bonchev–Trinajstić information content (AvgIpc) is 2.20. The van der Waals surface area contributed by atoms with Gasteiger partial charge in [0.2, 0.25) is 0 Å². The molecule has 0 bridgehead atoms. The first-order valence-electron chi connectivity index (χ1n) is 5.05. The molecule has 2 nitrogen and oxygen atoms in total. The molecule has 13 heavy (non-hydrogen) atoms. The largest absolute Gasteiger partial charge is 0.381 e. The predicted molar refractivity (Wildman–Crippen MR) is 53.4 cm³/mol. The highest BCUT2D eigenvalue weighted by Crippen LogP contribution is 2.29. The van der Waals surface area contributed by atoms with Crippen LogP contribution in [0.15, 0.2) is 23.8 Å². The van der Waals surface area contributed by atoms with Crippen LogP contribution < -0.4 is 5.73 Å². The summed E-state index contributed by atoms with van der Waals surface area (Å²) in [6.45, 7) is 1.61. The van der Waals surface area contributed by atoms with Gasteiger partial charge in [0.05, 0.1) is 0 Å². The summed E-state index contributed by atoms with van der Waals surface area (Å²) in [4.78, 5) is 0. The van der Waals surface area contributed by atoms with E-state index in [4.69, 9.17) is 10.5 Å². The maximum absolute atomic E-state index is 6.33. The van der Waals surface area contributed by atoms with E-state index in [-0.39, 0.29) is 5.54 Å². The molecule has 1 heterocycles. The zero-order valence-electron chi connectivity index (χ0n) is 7.96. The number of hydrogen-bond acceptors (Lipinski definition) is 2. The van der Waals surface area contributed by atoms with Crippen LogP contribution in [0.2, 0.25) is 0 Å². The van der Waals surface area contributed by atoms with E-state index < -0.39 is 0 Å². The molecule has 72 valence electrons. The van der Waals surface area contributed by atoms with Crippen LogP contribution >= 0.6 is 0 Å². The molecule has 0 aromatic carbocycles. The van der Waals surface area contributed by atoms with Gasteiger partial charge in [-0.1, -0.05) is 18.2 Å². The molecule has 2 rings (SSSR count). The maximum Gasteiger partial charge on any atom is 0.0486 e. The van der Waals surface area contributed by atoms with Crippen LogP contribution in [-0.2, 0) is 4.74 Å². The Bertz CT molecular complexity index is 236. The van der Waals surface area contributed by atoms with Gasteiger partial charge >= 0.3 is 0 Å². The van der Waals surface area contributed by atoms with E-state index >= 15 is 0 Å².